The van der Waals surface area contributed by atoms with Crippen molar-refractivity contribution in [1.29, 1.82) is 0 Å². The van der Waals surface area contributed by atoms with E-state index in [4.69, 9.17) is 9.47 Å². The van der Waals surface area contributed by atoms with E-state index in [1.165, 1.54) is 31.0 Å². The topological polar surface area (TPSA) is 66.2 Å². The van der Waals surface area contributed by atoms with Crippen LogP contribution in [0.3, 0.4) is 0 Å². The Hall–Kier alpha value is -3.65. The molecule has 4 aromatic rings. The third-order valence-corrected chi connectivity index (χ3v) is 6.00. The lowest BCUT2D eigenvalue weighted by Crippen LogP contribution is -2.07. The molecule has 0 amide bonds. The number of rotatable bonds is 8. The van der Waals surface area contributed by atoms with Crippen LogP contribution in [0.25, 0.3) is 17.1 Å². The van der Waals surface area contributed by atoms with Crippen LogP contribution in [-0.4, -0.2) is 40.5 Å². The van der Waals surface area contributed by atoms with E-state index in [0.717, 1.165) is 16.8 Å². The van der Waals surface area contributed by atoms with Gasteiger partial charge in [0, 0.05) is 11.3 Å². The van der Waals surface area contributed by atoms with Gasteiger partial charge < -0.3 is 9.47 Å². The van der Waals surface area contributed by atoms with Crippen molar-refractivity contribution in [1.82, 2.24) is 14.8 Å². The van der Waals surface area contributed by atoms with Crippen molar-refractivity contribution in [3.63, 3.8) is 0 Å². The number of methoxy groups -OCH3 is 2. The zero-order chi connectivity index (χ0) is 23.4. The van der Waals surface area contributed by atoms with Crippen LogP contribution in [0, 0.1) is 12.7 Å². The van der Waals surface area contributed by atoms with Crippen LogP contribution in [0.2, 0.25) is 0 Å². The normalized spacial score (nSPS) is 10.8. The summed E-state index contributed by atoms with van der Waals surface area (Å²) >= 11 is 1.27. The monoisotopic (exact) mass is 463 g/mol. The Bertz CT molecular complexity index is 1270. The molecule has 0 radical (unpaired) electrons. The summed E-state index contributed by atoms with van der Waals surface area (Å²) in [5.41, 5.74) is 3.12. The summed E-state index contributed by atoms with van der Waals surface area (Å²) in [7, 11) is 3.07. The molecule has 4 rings (SSSR count). The number of Topliss-reactive ketones (excluding diaryl/α,β-unsaturated/α-hetero) is 1. The Balaban J connectivity index is 1.67. The molecule has 8 heteroatoms. The third kappa shape index (κ3) is 4.90. The lowest BCUT2D eigenvalue weighted by molar-refractivity contribution is 0.101. The third-order valence-electron chi connectivity index (χ3n) is 5.07. The molecule has 6 nitrogen and oxygen atoms in total. The number of carbonyl (C=O) groups is 1. The van der Waals surface area contributed by atoms with E-state index < -0.39 is 0 Å². The van der Waals surface area contributed by atoms with Crippen LogP contribution in [0.5, 0.6) is 11.5 Å². The van der Waals surface area contributed by atoms with Gasteiger partial charge in [0.25, 0.3) is 0 Å². The highest BCUT2D eigenvalue weighted by Crippen LogP contribution is 2.30. The van der Waals surface area contributed by atoms with E-state index >= 15 is 0 Å². The fourth-order valence-corrected chi connectivity index (χ4v) is 4.15. The average Bonchev–Trinajstić information content (AvgIpc) is 3.27. The molecule has 0 bridgehead atoms. The van der Waals surface area contributed by atoms with E-state index in [1.807, 2.05) is 35.8 Å². The largest absolute Gasteiger partial charge is 0.497 e. The molecule has 0 saturated heterocycles. The van der Waals surface area contributed by atoms with Gasteiger partial charge in [-0.1, -0.05) is 29.5 Å². The Labute approximate surface area is 195 Å². The van der Waals surface area contributed by atoms with Crippen molar-refractivity contribution in [2.24, 2.45) is 0 Å². The van der Waals surface area contributed by atoms with E-state index in [9.17, 15) is 9.18 Å². The minimum Gasteiger partial charge on any atom is -0.497 e. The minimum atomic E-state index is -0.326. The number of hydrogen-bond acceptors (Lipinski definition) is 6. The number of ketones is 1. The first-order chi connectivity index (χ1) is 16.0. The Kier molecular flexibility index (Phi) is 6.74. The number of halogens is 1. The lowest BCUT2D eigenvalue weighted by atomic mass is 10.1. The first-order valence-electron chi connectivity index (χ1n) is 10.2. The minimum absolute atomic E-state index is 0.122. The highest BCUT2D eigenvalue weighted by atomic mass is 32.2. The molecule has 1 heterocycles. The Morgan fingerprint density at radius 2 is 1.70 bits per heavy atom. The molecular weight excluding hydrogens is 441 g/mol. The SMILES string of the molecule is COc1ccc(OC)c(C(=O)CSc2nnc(-c3ccc(F)cc3)n2-c2ccc(C)cc2)c1. The summed E-state index contributed by atoms with van der Waals surface area (Å²) in [5, 5.41) is 9.22. The Morgan fingerprint density at radius 3 is 2.36 bits per heavy atom. The molecule has 0 spiro atoms. The fourth-order valence-electron chi connectivity index (χ4n) is 3.32. The molecule has 0 aliphatic carbocycles. The number of hydrogen-bond donors (Lipinski definition) is 0. The predicted molar refractivity (Wildman–Crippen MR) is 126 cm³/mol. The first kappa shape index (κ1) is 22.5. The second-order valence-corrected chi connectivity index (χ2v) is 8.20. The molecule has 0 atom stereocenters. The molecule has 1 aromatic heterocycles. The van der Waals surface area contributed by atoms with Crippen molar-refractivity contribution in [2.45, 2.75) is 12.1 Å². The number of ether oxygens (including phenoxy) is 2. The van der Waals surface area contributed by atoms with E-state index in [0.29, 0.717) is 28.0 Å². The molecule has 0 fully saturated rings. The number of aromatic nitrogens is 3. The zero-order valence-corrected chi connectivity index (χ0v) is 19.2. The second-order valence-electron chi connectivity index (χ2n) is 7.26. The summed E-state index contributed by atoms with van der Waals surface area (Å²) in [6.45, 7) is 2.01. The highest BCUT2D eigenvalue weighted by Gasteiger charge is 2.19. The Morgan fingerprint density at radius 1 is 0.970 bits per heavy atom. The standard InChI is InChI=1S/C25H22FN3O3S/c1-16-4-10-19(11-5-16)29-24(17-6-8-18(26)9-7-17)27-28-25(29)33-15-22(30)21-14-20(31-2)12-13-23(21)32-3/h4-14H,15H2,1-3H3. The quantitative estimate of drug-likeness (QED) is 0.258. The number of nitrogens with zero attached hydrogens (tertiary/aromatic N) is 3. The molecule has 0 unspecified atom stereocenters. The van der Waals surface area contributed by atoms with Gasteiger partial charge >= 0.3 is 0 Å². The zero-order valence-electron chi connectivity index (χ0n) is 18.4. The number of thioether (sulfide) groups is 1. The summed E-state index contributed by atoms with van der Waals surface area (Å²) in [5.74, 6) is 1.29. The molecule has 3 aromatic carbocycles. The van der Waals surface area contributed by atoms with Gasteiger partial charge in [-0.25, -0.2) is 4.39 Å². The molecule has 168 valence electrons. The van der Waals surface area contributed by atoms with E-state index in [1.54, 1.807) is 37.4 Å². The molecular formula is C25H22FN3O3S. The van der Waals surface area contributed by atoms with Crippen molar-refractivity contribution >= 4 is 17.5 Å². The van der Waals surface area contributed by atoms with Gasteiger partial charge in [0.2, 0.25) is 0 Å². The van der Waals surface area contributed by atoms with Crippen molar-refractivity contribution in [3.8, 4) is 28.6 Å². The van der Waals surface area contributed by atoms with Crippen LogP contribution in [0.1, 0.15) is 15.9 Å². The fraction of sp³-hybridized carbons (Fsp3) is 0.160. The second kappa shape index (κ2) is 9.87. The smallest absolute Gasteiger partial charge is 0.196 e. The van der Waals surface area contributed by atoms with E-state index in [2.05, 4.69) is 10.2 Å². The van der Waals surface area contributed by atoms with Crippen molar-refractivity contribution in [3.05, 3.63) is 83.7 Å². The van der Waals surface area contributed by atoms with Gasteiger partial charge in [-0.2, -0.15) is 0 Å². The van der Waals surface area contributed by atoms with Gasteiger partial charge in [-0.15, -0.1) is 10.2 Å². The van der Waals surface area contributed by atoms with Crippen LogP contribution in [0.15, 0.2) is 71.9 Å². The van der Waals surface area contributed by atoms with Crippen molar-refractivity contribution < 1.29 is 18.7 Å². The van der Waals surface area contributed by atoms with Crippen LogP contribution in [-0.2, 0) is 0 Å². The summed E-state index contributed by atoms with van der Waals surface area (Å²) < 4.78 is 25.9. The summed E-state index contributed by atoms with van der Waals surface area (Å²) in [6.07, 6.45) is 0. The maximum Gasteiger partial charge on any atom is 0.196 e. The molecule has 33 heavy (non-hydrogen) atoms. The summed E-state index contributed by atoms with van der Waals surface area (Å²) in [4.78, 5) is 13.0. The maximum atomic E-state index is 13.5. The number of carbonyl (C=O) groups excluding carboxylic acids is 1. The van der Waals surface area contributed by atoms with Crippen LogP contribution in [0.4, 0.5) is 4.39 Å². The maximum absolute atomic E-state index is 13.5. The van der Waals surface area contributed by atoms with Gasteiger partial charge in [-0.05, 0) is 61.5 Å². The van der Waals surface area contributed by atoms with Crippen molar-refractivity contribution in [2.75, 3.05) is 20.0 Å². The first-order valence-corrected chi connectivity index (χ1v) is 11.1. The highest BCUT2D eigenvalue weighted by molar-refractivity contribution is 7.99. The van der Waals surface area contributed by atoms with Gasteiger partial charge in [0.05, 0.1) is 25.5 Å². The van der Waals surface area contributed by atoms with E-state index in [-0.39, 0.29) is 17.4 Å². The molecule has 0 aliphatic heterocycles. The number of aryl methyl sites for hydroxylation is 1. The average molecular weight is 464 g/mol. The van der Waals surface area contributed by atoms with Crippen LogP contribution < -0.4 is 9.47 Å². The molecule has 0 aliphatic rings. The van der Waals surface area contributed by atoms with Crippen LogP contribution >= 0.6 is 11.8 Å². The lowest BCUT2D eigenvalue weighted by Gasteiger charge is -2.12. The van der Waals surface area contributed by atoms with Gasteiger partial charge in [0.1, 0.15) is 17.3 Å². The summed E-state index contributed by atoms with van der Waals surface area (Å²) in [6, 6.07) is 19.1. The van der Waals surface area contributed by atoms with Gasteiger partial charge in [-0.3, -0.25) is 9.36 Å². The molecule has 0 saturated carbocycles. The predicted octanol–water partition coefficient (Wildman–Crippen LogP) is 5.37. The molecule has 0 N–H and O–H groups in total. The van der Waals surface area contributed by atoms with Gasteiger partial charge in [0.15, 0.2) is 16.8 Å². The number of benzene rings is 3.